The molecule has 1 saturated heterocycles. The molecule has 0 spiro atoms. The van der Waals surface area contributed by atoms with Crippen molar-refractivity contribution in [3.05, 3.63) is 29.8 Å². The molecule has 1 aromatic rings. The fourth-order valence-corrected chi connectivity index (χ4v) is 3.80. The Morgan fingerprint density at radius 1 is 1.00 bits per heavy atom. The molecule has 4 nitrogen and oxygen atoms in total. The molecule has 1 heterocycles. The standard InChI is InChI=1S/C16H23NO3S/c1-14-7-9-15(10-8-14)21(19,20)13-16(18)17-11-5-3-2-4-6-12-17/h7-10H,2-6,11-13H2,1H3. The molecule has 1 aromatic carbocycles. The molecule has 0 saturated carbocycles. The minimum Gasteiger partial charge on any atom is -0.342 e. The molecule has 0 aliphatic carbocycles. The number of rotatable bonds is 3. The van der Waals surface area contributed by atoms with E-state index in [4.69, 9.17) is 0 Å². The van der Waals surface area contributed by atoms with Gasteiger partial charge in [0.1, 0.15) is 5.75 Å². The summed E-state index contributed by atoms with van der Waals surface area (Å²) in [4.78, 5) is 14.2. The Bertz CT molecular complexity index is 570. The third-order valence-electron chi connectivity index (χ3n) is 3.90. The highest BCUT2D eigenvalue weighted by molar-refractivity contribution is 7.92. The zero-order valence-electron chi connectivity index (χ0n) is 12.5. The van der Waals surface area contributed by atoms with Gasteiger partial charge in [0.15, 0.2) is 9.84 Å². The quantitative estimate of drug-likeness (QED) is 0.862. The number of benzene rings is 1. The van der Waals surface area contributed by atoms with Gasteiger partial charge in [0.25, 0.3) is 0 Å². The van der Waals surface area contributed by atoms with Gasteiger partial charge in [-0.3, -0.25) is 4.79 Å². The average molecular weight is 309 g/mol. The lowest BCUT2D eigenvalue weighted by Gasteiger charge is -2.24. The maximum atomic E-state index is 12.3. The second-order valence-electron chi connectivity index (χ2n) is 5.72. The number of carbonyl (C=O) groups excluding carboxylic acids is 1. The molecular formula is C16H23NO3S. The molecule has 2 rings (SSSR count). The molecular weight excluding hydrogens is 286 g/mol. The van der Waals surface area contributed by atoms with Crippen LogP contribution in [0.3, 0.4) is 0 Å². The van der Waals surface area contributed by atoms with Crippen LogP contribution in [0.1, 0.15) is 37.7 Å². The third-order valence-corrected chi connectivity index (χ3v) is 5.52. The zero-order valence-corrected chi connectivity index (χ0v) is 13.4. The van der Waals surface area contributed by atoms with E-state index in [9.17, 15) is 13.2 Å². The highest BCUT2D eigenvalue weighted by atomic mass is 32.2. The summed E-state index contributed by atoms with van der Waals surface area (Å²) in [5.41, 5.74) is 1.00. The van der Waals surface area contributed by atoms with Crippen molar-refractivity contribution in [2.75, 3.05) is 18.8 Å². The first-order chi connectivity index (χ1) is 9.99. The van der Waals surface area contributed by atoms with E-state index in [1.807, 2.05) is 6.92 Å². The Kier molecular flexibility index (Phi) is 5.39. The molecule has 0 radical (unpaired) electrons. The number of hydrogen-bond donors (Lipinski definition) is 0. The van der Waals surface area contributed by atoms with Crippen LogP contribution in [0.2, 0.25) is 0 Å². The Balaban J connectivity index is 2.04. The third kappa shape index (κ3) is 4.56. The van der Waals surface area contributed by atoms with E-state index in [-0.39, 0.29) is 10.8 Å². The van der Waals surface area contributed by atoms with E-state index < -0.39 is 15.6 Å². The highest BCUT2D eigenvalue weighted by Crippen LogP contribution is 2.15. The van der Waals surface area contributed by atoms with Crippen molar-refractivity contribution < 1.29 is 13.2 Å². The van der Waals surface area contributed by atoms with Crippen molar-refractivity contribution in [1.29, 1.82) is 0 Å². The minimum atomic E-state index is -3.54. The smallest absolute Gasteiger partial charge is 0.238 e. The fourth-order valence-electron chi connectivity index (χ4n) is 2.58. The molecule has 21 heavy (non-hydrogen) atoms. The monoisotopic (exact) mass is 309 g/mol. The predicted octanol–water partition coefficient (Wildman–Crippen LogP) is 2.56. The lowest BCUT2D eigenvalue weighted by Crippen LogP contribution is -2.37. The van der Waals surface area contributed by atoms with Gasteiger partial charge < -0.3 is 4.90 Å². The van der Waals surface area contributed by atoms with E-state index in [1.54, 1.807) is 29.2 Å². The van der Waals surface area contributed by atoms with Crippen LogP contribution in [0.15, 0.2) is 29.2 Å². The van der Waals surface area contributed by atoms with Gasteiger partial charge in [-0.05, 0) is 31.9 Å². The highest BCUT2D eigenvalue weighted by Gasteiger charge is 2.23. The zero-order chi connectivity index (χ0) is 15.3. The van der Waals surface area contributed by atoms with Crippen LogP contribution in [-0.4, -0.2) is 38.1 Å². The summed E-state index contributed by atoms with van der Waals surface area (Å²) in [5, 5.41) is 0. The van der Waals surface area contributed by atoms with Crippen LogP contribution >= 0.6 is 0 Å². The summed E-state index contributed by atoms with van der Waals surface area (Å²) in [6.45, 7) is 3.27. The van der Waals surface area contributed by atoms with E-state index in [0.717, 1.165) is 31.2 Å². The Labute approximate surface area is 127 Å². The van der Waals surface area contributed by atoms with Gasteiger partial charge in [-0.1, -0.05) is 37.0 Å². The molecule has 0 atom stereocenters. The average Bonchev–Trinajstić information content (AvgIpc) is 2.37. The number of likely N-dealkylation sites (tertiary alicyclic amines) is 1. The number of nitrogens with zero attached hydrogens (tertiary/aromatic N) is 1. The van der Waals surface area contributed by atoms with Gasteiger partial charge in [-0.15, -0.1) is 0 Å². The predicted molar refractivity (Wildman–Crippen MR) is 82.9 cm³/mol. The first-order valence-corrected chi connectivity index (χ1v) is 9.21. The van der Waals surface area contributed by atoms with Crippen LogP contribution in [0.25, 0.3) is 0 Å². The molecule has 0 unspecified atom stereocenters. The molecule has 5 heteroatoms. The largest absolute Gasteiger partial charge is 0.342 e. The molecule has 1 aliphatic heterocycles. The van der Waals surface area contributed by atoms with Gasteiger partial charge >= 0.3 is 0 Å². The second kappa shape index (κ2) is 7.07. The first-order valence-electron chi connectivity index (χ1n) is 7.56. The lowest BCUT2D eigenvalue weighted by molar-refractivity contribution is -0.128. The number of carbonyl (C=O) groups is 1. The fraction of sp³-hybridized carbons (Fsp3) is 0.562. The van der Waals surface area contributed by atoms with E-state index in [2.05, 4.69) is 0 Å². The summed E-state index contributed by atoms with van der Waals surface area (Å²) in [5.74, 6) is -0.687. The van der Waals surface area contributed by atoms with Crippen molar-refractivity contribution in [2.24, 2.45) is 0 Å². The maximum absolute atomic E-state index is 12.3. The van der Waals surface area contributed by atoms with Gasteiger partial charge in [0.2, 0.25) is 5.91 Å². The van der Waals surface area contributed by atoms with Crippen LogP contribution in [0.4, 0.5) is 0 Å². The van der Waals surface area contributed by atoms with Crippen LogP contribution < -0.4 is 0 Å². The Morgan fingerprint density at radius 2 is 1.52 bits per heavy atom. The number of aryl methyl sites for hydroxylation is 1. The second-order valence-corrected chi connectivity index (χ2v) is 7.71. The van der Waals surface area contributed by atoms with Gasteiger partial charge in [0.05, 0.1) is 4.90 Å². The minimum absolute atomic E-state index is 0.230. The maximum Gasteiger partial charge on any atom is 0.238 e. The number of sulfone groups is 1. The summed E-state index contributed by atoms with van der Waals surface area (Å²) in [7, 11) is -3.54. The summed E-state index contributed by atoms with van der Waals surface area (Å²) in [6.07, 6.45) is 5.39. The van der Waals surface area contributed by atoms with Crippen LogP contribution in [0.5, 0.6) is 0 Å². The SMILES string of the molecule is Cc1ccc(S(=O)(=O)CC(=O)N2CCCCCCC2)cc1. The normalized spacial score (nSPS) is 17.1. The van der Waals surface area contributed by atoms with Crippen LogP contribution in [-0.2, 0) is 14.6 Å². The van der Waals surface area contributed by atoms with Gasteiger partial charge in [0, 0.05) is 13.1 Å². The number of amides is 1. The van der Waals surface area contributed by atoms with Crippen LogP contribution in [0, 0.1) is 6.92 Å². The molecule has 1 aliphatic rings. The topological polar surface area (TPSA) is 54.5 Å². The summed E-state index contributed by atoms with van der Waals surface area (Å²) < 4.78 is 24.6. The molecule has 1 fully saturated rings. The van der Waals surface area contributed by atoms with Gasteiger partial charge in [-0.2, -0.15) is 0 Å². The summed E-state index contributed by atoms with van der Waals surface area (Å²) in [6, 6.07) is 6.66. The molecule has 0 bridgehead atoms. The van der Waals surface area contributed by atoms with Crippen molar-refractivity contribution in [2.45, 2.75) is 43.9 Å². The van der Waals surface area contributed by atoms with Crippen molar-refractivity contribution in [3.63, 3.8) is 0 Å². The molecule has 116 valence electrons. The molecule has 1 amide bonds. The first kappa shape index (κ1) is 16.0. The molecule has 0 N–H and O–H groups in total. The van der Waals surface area contributed by atoms with E-state index in [1.165, 1.54) is 6.42 Å². The Morgan fingerprint density at radius 3 is 2.10 bits per heavy atom. The lowest BCUT2D eigenvalue weighted by atomic mass is 10.1. The number of hydrogen-bond acceptors (Lipinski definition) is 3. The van der Waals surface area contributed by atoms with Gasteiger partial charge in [-0.25, -0.2) is 8.42 Å². The molecule has 0 aromatic heterocycles. The van der Waals surface area contributed by atoms with Crippen molar-refractivity contribution in [3.8, 4) is 0 Å². The van der Waals surface area contributed by atoms with Crippen molar-refractivity contribution in [1.82, 2.24) is 4.90 Å². The van der Waals surface area contributed by atoms with Crippen molar-refractivity contribution >= 4 is 15.7 Å². The van der Waals surface area contributed by atoms with E-state index >= 15 is 0 Å². The summed E-state index contributed by atoms with van der Waals surface area (Å²) >= 11 is 0. The van der Waals surface area contributed by atoms with E-state index in [0.29, 0.717) is 13.1 Å². The Hall–Kier alpha value is -1.36.